The molecule has 2 heterocycles. The lowest BCUT2D eigenvalue weighted by Gasteiger charge is -2.44. The van der Waals surface area contributed by atoms with Crippen LogP contribution in [0.4, 0.5) is 0 Å². The van der Waals surface area contributed by atoms with Gasteiger partial charge in [-0.1, -0.05) is 0 Å². The van der Waals surface area contributed by atoms with Gasteiger partial charge in [-0.2, -0.15) is 0 Å². The van der Waals surface area contributed by atoms with Crippen LogP contribution < -0.4 is 0 Å². The van der Waals surface area contributed by atoms with Crippen LogP contribution in [0.1, 0.15) is 6.92 Å². The third kappa shape index (κ3) is 1.06. The first-order valence-electron chi connectivity index (χ1n) is 4.44. The van der Waals surface area contributed by atoms with Crippen molar-refractivity contribution < 1.29 is 29.9 Å². The molecular weight excluding hydrogens is 192 g/mol. The van der Waals surface area contributed by atoms with Gasteiger partial charge in [0.15, 0.2) is 5.79 Å². The van der Waals surface area contributed by atoms with E-state index < -0.39 is 36.3 Å². The second-order valence-corrected chi connectivity index (χ2v) is 4.01. The minimum Gasteiger partial charge on any atom is -0.393 e. The van der Waals surface area contributed by atoms with Crippen molar-refractivity contribution in [1.29, 1.82) is 0 Å². The lowest BCUT2D eigenvalue weighted by atomic mass is 9.87. The van der Waals surface area contributed by atoms with E-state index in [2.05, 4.69) is 0 Å². The van der Waals surface area contributed by atoms with Crippen molar-refractivity contribution in [2.24, 2.45) is 0 Å². The van der Waals surface area contributed by atoms with E-state index in [9.17, 15) is 15.3 Å². The normalized spacial score (nSPS) is 57.6. The smallest absolute Gasteiger partial charge is 0.195 e. The quantitative estimate of drug-likeness (QED) is 0.381. The molecule has 2 aliphatic heterocycles. The van der Waals surface area contributed by atoms with Crippen LogP contribution in [-0.4, -0.2) is 63.3 Å². The molecular formula is C8H14O6. The summed E-state index contributed by atoms with van der Waals surface area (Å²) in [5, 5.41) is 37.8. The molecule has 82 valence electrons. The predicted octanol–water partition coefficient (Wildman–Crippen LogP) is -2.42. The van der Waals surface area contributed by atoms with Gasteiger partial charge in [0.05, 0.1) is 13.2 Å². The highest BCUT2D eigenvalue weighted by molar-refractivity contribution is 5.07. The van der Waals surface area contributed by atoms with E-state index in [4.69, 9.17) is 14.6 Å². The maximum Gasteiger partial charge on any atom is 0.195 e. The van der Waals surface area contributed by atoms with Crippen molar-refractivity contribution >= 4 is 0 Å². The Morgan fingerprint density at radius 2 is 1.93 bits per heavy atom. The maximum absolute atomic E-state index is 9.62. The Balaban J connectivity index is 2.34. The Labute approximate surface area is 80.7 Å². The highest BCUT2D eigenvalue weighted by Gasteiger charge is 2.64. The first-order valence-corrected chi connectivity index (χ1v) is 4.44. The molecule has 6 nitrogen and oxygen atoms in total. The van der Waals surface area contributed by atoms with Gasteiger partial charge < -0.3 is 29.9 Å². The molecule has 0 aliphatic carbocycles. The number of hydrogen-bond acceptors (Lipinski definition) is 6. The summed E-state index contributed by atoms with van der Waals surface area (Å²) in [5.41, 5.74) is -1.31. The molecule has 6 heteroatoms. The third-order valence-corrected chi connectivity index (χ3v) is 3.00. The average Bonchev–Trinajstić information content (AvgIpc) is 2.52. The van der Waals surface area contributed by atoms with Crippen molar-refractivity contribution in [3.63, 3.8) is 0 Å². The first-order chi connectivity index (χ1) is 6.45. The van der Waals surface area contributed by atoms with Gasteiger partial charge in [0.1, 0.15) is 23.9 Å². The van der Waals surface area contributed by atoms with Gasteiger partial charge >= 0.3 is 0 Å². The summed E-state index contributed by atoms with van der Waals surface area (Å²) in [5.74, 6) is -1.35. The van der Waals surface area contributed by atoms with Crippen LogP contribution >= 0.6 is 0 Å². The van der Waals surface area contributed by atoms with E-state index in [0.29, 0.717) is 0 Å². The van der Waals surface area contributed by atoms with Gasteiger partial charge in [0, 0.05) is 0 Å². The summed E-state index contributed by atoms with van der Waals surface area (Å²) >= 11 is 0. The zero-order chi connectivity index (χ0) is 10.6. The Kier molecular flexibility index (Phi) is 2.11. The third-order valence-electron chi connectivity index (χ3n) is 3.00. The Bertz CT molecular complexity index is 246. The molecule has 0 spiro atoms. The van der Waals surface area contributed by atoms with E-state index in [1.54, 1.807) is 0 Å². The summed E-state index contributed by atoms with van der Waals surface area (Å²) in [6.45, 7) is 0.951. The molecule has 0 unspecified atom stereocenters. The largest absolute Gasteiger partial charge is 0.393 e. The SMILES string of the molecule is C[C@@]12OC[C@@](CO)(O1)[C@@H](O)[C@H](O)[C@@H]2O. The van der Waals surface area contributed by atoms with Gasteiger partial charge in [-0.05, 0) is 6.92 Å². The second kappa shape index (κ2) is 2.88. The zero-order valence-electron chi connectivity index (χ0n) is 7.75. The van der Waals surface area contributed by atoms with Crippen LogP contribution in [0.5, 0.6) is 0 Å². The number of hydrogen-bond donors (Lipinski definition) is 4. The molecule has 2 bridgehead atoms. The molecule has 5 atom stereocenters. The van der Waals surface area contributed by atoms with Crippen LogP contribution in [0, 0.1) is 0 Å². The summed E-state index contributed by atoms with van der Waals surface area (Å²) in [7, 11) is 0. The molecule has 0 aromatic rings. The maximum atomic E-state index is 9.62. The van der Waals surface area contributed by atoms with Crippen molar-refractivity contribution in [1.82, 2.24) is 0 Å². The molecule has 0 aromatic heterocycles. The number of ether oxygens (including phenoxy) is 2. The Morgan fingerprint density at radius 3 is 2.50 bits per heavy atom. The lowest BCUT2D eigenvalue weighted by molar-refractivity contribution is -0.314. The number of aliphatic hydroxyl groups excluding tert-OH is 4. The van der Waals surface area contributed by atoms with Crippen molar-refractivity contribution in [2.45, 2.75) is 36.6 Å². The van der Waals surface area contributed by atoms with Gasteiger partial charge in [-0.25, -0.2) is 0 Å². The van der Waals surface area contributed by atoms with Crippen LogP contribution in [0.25, 0.3) is 0 Å². The average molecular weight is 206 g/mol. The number of rotatable bonds is 1. The fraction of sp³-hybridized carbons (Fsp3) is 1.00. The minimum atomic E-state index is -1.37. The van der Waals surface area contributed by atoms with E-state index in [0.717, 1.165) is 0 Å². The van der Waals surface area contributed by atoms with Gasteiger partial charge in [0.2, 0.25) is 0 Å². The van der Waals surface area contributed by atoms with Crippen molar-refractivity contribution in [3.05, 3.63) is 0 Å². The molecule has 2 fully saturated rings. The van der Waals surface area contributed by atoms with Gasteiger partial charge in [-0.3, -0.25) is 0 Å². The molecule has 0 amide bonds. The first kappa shape index (κ1) is 10.3. The molecule has 2 saturated heterocycles. The Morgan fingerprint density at radius 1 is 1.29 bits per heavy atom. The van der Waals surface area contributed by atoms with Crippen LogP contribution in [0.3, 0.4) is 0 Å². The number of fused-ring (bicyclic) bond motifs is 2. The van der Waals surface area contributed by atoms with Crippen molar-refractivity contribution in [3.8, 4) is 0 Å². The van der Waals surface area contributed by atoms with Crippen LogP contribution in [-0.2, 0) is 9.47 Å². The second-order valence-electron chi connectivity index (χ2n) is 4.01. The molecule has 0 aromatic carbocycles. The minimum absolute atomic E-state index is 0.0463. The molecule has 14 heavy (non-hydrogen) atoms. The van der Waals surface area contributed by atoms with E-state index >= 15 is 0 Å². The van der Waals surface area contributed by atoms with E-state index in [1.807, 2.05) is 0 Å². The fourth-order valence-electron chi connectivity index (χ4n) is 1.98. The molecule has 0 saturated carbocycles. The van der Waals surface area contributed by atoms with Gasteiger partial charge in [0.25, 0.3) is 0 Å². The molecule has 4 N–H and O–H groups in total. The standard InChI is InChI=1S/C8H14O6/c1-7-5(11)4(10)6(12)8(2-9,14-7)3-13-7/h4-6,9-12H,2-3H2,1H3/t4-,5+,6+,7-,8-/m1/s1. The topological polar surface area (TPSA) is 99.4 Å². The molecule has 2 rings (SSSR count). The summed E-state index contributed by atoms with van der Waals surface area (Å²) in [4.78, 5) is 0. The monoisotopic (exact) mass is 206 g/mol. The summed E-state index contributed by atoms with van der Waals surface area (Å²) in [6.07, 6.45) is -4.04. The summed E-state index contributed by atoms with van der Waals surface area (Å²) < 4.78 is 10.4. The fourth-order valence-corrected chi connectivity index (χ4v) is 1.98. The summed E-state index contributed by atoms with van der Waals surface area (Å²) in [6, 6.07) is 0. The Hall–Kier alpha value is -0.240. The molecule has 0 radical (unpaired) electrons. The predicted molar refractivity (Wildman–Crippen MR) is 43.3 cm³/mol. The highest BCUT2D eigenvalue weighted by Crippen LogP contribution is 2.43. The highest BCUT2D eigenvalue weighted by atomic mass is 16.8. The van der Waals surface area contributed by atoms with Crippen LogP contribution in [0.15, 0.2) is 0 Å². The molecule has 2 aliphatic rings. The van der Waals surface area contributed by atoms with Crippen molar-refractivity contribution in [2.75, 3.05) is 13.2 Å². The lowest BCUT2D eigenvalue weighted by Crippen LogP contribution is -2.65. The van der Waals surface area contributed by atoms with E-state index in [1.165, 1.54) is 6.92 Å². The van der Waals surface area contributed by atoms with Gasteiger partial charge in [-0.15, -0.1) is 0 Å². The zero-order valence-corrected chi connectivity index (χ0v) is 7.75. The van der Waals surface area contributed by atoms with Crippen LogP contribution in [0.2, 0.25) is 0 Å². The van der Waals surface area contributed by atoms with E-state index in [-0.39, 0.29) is 6.61 Å². The number of aliphatic hydroxyl groups is 4.